The highest BCUT2D eigenvalue weighted by molar-refractivity contribution is 6.07. The number of ketones is 1. The molecule has 0 saturated heterocycles. The summed E-state index contributed by atoms with van der Waals surface area (Å²) in [6.07, 6.45) is 2.46. The van der Waals surface area contributed by atoms with Gasteiger partial charge in [0.05, 0.1) is 6.20 Å². The molecule has 0 aliphatic rings. The predicted octanol–water partition coefficient (Wildman–Crippen LogP) is 3.22. The van der Waals surface area contributed by atoms with Crippen LogP contribution in [0.4, 0.5) is 0 Å². The van der Waals surface area contributed by atoms with Crippen LogP contribution in [0.25, 0.3) is 0 Å². The molecule has 0 atom stereocenters. The summed E-state index contributed by atoms with van der Waals surface area (Å²) in [7, 11) is 0. The van der Waals surface area contributed by atoms with Crippen LogP contribution in [0.2, 0.25) is 0 Å². The molecule has 0 bridgehead atoms. The Hall–Kier alpha value is -1.97. The number of rotatable bonds is 4. The molecule has 0 saturated carbocycles. The van der Waals surface area contributed by atoms with E-state index >= 15 is 0 Å². The summed E-state index contributed by atoms with van der Waals surface area (Å²) < 4.78 is 1.67. The molecule has 0 aliphatic carbocycles. The smallest absolute Gasteiger partial charge is 0.212 e. The van der Waals surface area contributed by atoms with Gasteiger partial charge in [-0.05, 0) is 17.4 Å². The van der Waals surface area contributed by atoms with E-state index < -0.39 is 0 Å². The van der Waals surface area contributed by atoms with Crippen molar-refractivity contribution in [3.8, 4) is 0 Å². The zero-order valence-electron chi connectivity index (χ0n) is 12.6. The van der Waals surface area contributed by atoms with E-state index in [0.717, 1.165) is 6.42 Å². The van der Waals surface area contributed by atoms with Crippen LogP contribution < -0.4 is 0 Å². The maximum Gasteiger partial charge on any atom is 0.212 e. The number of carbonyl (C=O) groups is 1. The van der Waals surface area contributed by atoms with E-state index in [0.29, 0.717) is 17.8 Å². The number of nitrogens with zero attached hydrogens (tertiary/aromatic N) is 3. The highest BCUT2D eigenvalue weighted by Gasteiger charge is 2.17. The summed E-state index contributed by atoms with van der Waals surface area (Å²) in [4.78, 5) is 12.5. The summed E-state index contributed by atoms with van der Waals surface area (Å²) in [5.41, 5.74) is 2.54. The lowest BCUT2D eigenvalue weighted by Gasteiger charge is -2.18. The van der Waals surface area contributed by atoms with Crippen molar-refractivity contribution in [1.82, 2.24) is 15.0 Å². The van der Waals surface area contributed by atoms with Crippen LogP contribution in [-0.2, 0) is 12.0 Å². The monoisotopic (exact) mass is 271 g/mol. The molecule has 0 fully saturated rings. The maximum atomic E-state index is 12.5. The van der Waals surface area contributed by atoms with Gasteiger partial charge in [0.2, 0.25) is 5.78 Å². The number of aryl methyl sites for hydroxylation is 1. The van der Waals surface area contributed by atoms with Crippen molar-refractivity contribution in [3.63, 3.8) is 0 Å². The van der Waals surface area contributed by atoms with Crippen LogP contribution >= 0.6 is 0 Å². The second-order valence-corrected chi connectivity index (χ2v) is 6.00. The molecule has 0 radical (unpaired) electrons. The SMILES string of the molecule is CCCn1nncc1C(=O)c1ccc(C(C)(C)C)cc1. The molecule has 1 heterocycles. The van der Waals surface area contributed by atoms with Crippen molar-refractivity contribution >= 4 is 5.78 Å². The number of hydrogen-bond donors (Lipinski definition) is 0. The molecule has 106 valence electrons. The Morgan fingerprint density at radius 2 is 1.85 bits per heavy atom. The van der Waals surface area contributed by atoms with Gasteiger partial charge in [0.1, 0.15) is 5.69 Å². The molecular weight excluding hydrogens is 250 g/mol. The molecule has 20 heavy (non-hydrogen) atoms. The Labute approximate surface area is 119 Å². The highest BCUT2D eigenvalue weighted by Crippen LogP contribution is 2.22. The molecule has 0 unspecified atom stereocenters. The average molecular weight is 271 g/mol. The van der Waals surface area contributed by atoms with E-state index in [4.69, 9.17) is 0 Å². The van der Waals surface area contributed by atoms with Crippen LogP contribution in [0, 0.1) is 0 Å². The highest BCUT2D eigenvalue weighted by atomic mass is 16.1. The topological polar surface area (TPSA) is 47.8 Å². The van der Waals surface area contributed by atoms with Crippen LogP contribution in [0.3, 0.4) is 0 Å². The quantitative estimate of drug-likeness (QED) is 0.802. The number of hydrogen-bond acceptors (Lipinski definition) is 3. The van der Waals surface area contributed by atoms with Gasteiger partial charge < -0.3 is 0 Å². The van der Waals surface area contributed by atoms with Crippen molar-refractivity contribution < 1.29 is 4.79 Å². The standard InChI is InChI=1S/C16H21N3O/c1-5-10-19-14(11-17-18-19)15(20)12-6-8-13(9-7-12)16(2,3)4/h6-9,11H,5,10H2,1-4H3. The lowest BCUT2D eigenvalue weighted by atomic mass is 9.86. The summed E-state index contributed by atoms with van der Waals surface area (Å²) in [6.45, 7) is 9.23. The van der Waals surface area contributed by atoms with Crippen LogP contribution in [-0.4, -0.2) is 20.8 Å². The zero-order chi connectivity index (χ0) is 14.8. The van der Waals surface area contributed by atoms with Gasteiger partial charge in [0.15, 0.2) is 0 Å². The third-order valence-electron chi connectivity index (χ3n) is 3.30. The minimum absolute atomic E-state index is 0.0242. The first-order valence-corrected chi connectivity index (χ1v) is 6.97. The third-order valence-corrected chi connectivity index (χ3v) is 3.30. The Bertz CT molecular complexity index is 591. The molecule has 0 spiro atoms. The van der Waals surface area contributed by atoms with Crippen molar-refractivity contribution in [2.24, 2.45) is 0 Å². The normalized spacial score (nSPS) is 11.6. The zero-order valence-corrected chi connectivity index (χ0v) is 12.6. The lowest BCUT2D eigenvalue weighted by molar-refractivity contribution is 0.102. The fourth-order valence-corrected chi connectivity index (χ4v) is 2.08. The maximum absolute atomic E-state index is 12.5. The van der Waals surface area contributed by atoms with Gasteiger partial charge in [-0.15, -0.1) is 5.10 Å². The van der Waals surface area contributed by atoms with E-state index in [1.807, 2.05) is 31.2 Å². The largest absolute Gasteiger partial charge is 0.287 e. The average Bonchev–Trinajstić information content (AvgIpc) is 2.86. The lowest BCUT2D eigenvalue weighted by Crippen LogP contribution is -2.13. The molecule has 0 aliphatic heterocycles. The van der Waals surface area contributed by atoms with Crippen LogP contribution in [0.5, 0.6) is 0 Å². The Morgan fingerprint density at radius 1 is 1.20 bits per heavy atom. The van der Waals surface area contributed by atoms with Crippen molar-refractivity contribution in [1.29, 1.82) is 0 Å². The fraction of sp³-hybridized carbons (Fsp3) is 0.438. The number of benzene rings is 1. The van der Waals surface area contributed by atoms with Crippen molar-refractivity contribution in [3.05, 3.63) is 47.3 Å². The predicted molar refractivity (Wildman–Crippen MR) is 78.9 cm³/mol. The fourth-order valence-electron chi connectivity index (χ4n) is 2.08. The van der Waals surface area contributed by atoms with Crippen LogP contribution in [0.1, 0.15) is 55.7 Å². The van der Waals surface area contributed by atoms with Crippen molar-refractivity contribution in [2.45, 2.75) is 46.1 Å². The summed E-state index contributed by atoms with van der Waals surface area (Å²) in [5.74, 6) is -0.0242. The second-order valence-electron chi connectivity index (χ2n) is 6.00. The van der Waals surface area contributed by atoms with Gasteiger partial charge in [-0.2, -0.15) is 0 Å². The van der Waals surface area contributed by atoms with E-state index in [2.05, 4.69) is 31.1 Å². The van der Waals surface area contributed by atoms with E-state index in [1.54, 1.807) is 4.68 Å². The molecular formula is C16H21N3O. The molecule has 4 heteroatoms. The molecule has 1 aromatic carbocycles. The van der Waals surface area contributed by atoms with E-state index in [-0.39, 0.29) is 11.2 Å². The second kappa shape index (κ2) is 5.57. The summed E-state index contributed by atoms with van der Waals surface area (Å²) in [6, 6.07) is 7.79. The van der Waals surface area contributed by atoms with Gasteiger partial charge in [-0.25, -0.2) is 4.68 Å². The Balaban J connectivity index is 2.27. The van der Waals surface area contributed by atoms with Gasteiger partial charge in [-0.3, -0.25) is 4.79 Å². The van der Waals surface area contributed by atoms with Crippen LogP contribution in [0.15, 0.2) is 30.5 Å². The molecule has 2 aromatic rings. The molecule has 0 amide bonds. The van der Waals surface area contributed by atoms with E-state index in [1.165, 1.54) is 11.8 Å². The summed E-state index contributed by atoms with van der Waals surface area (Å²) >= 11 is 0. The first kappa shape index (κ1) is 14.4. The van der Waals surface area contributed by atoms with Gasteiger partial charge >= 0.3 is 0 Å². The van der Waals surface area contributed by atoms with Gasteiger partial charge in [0, 0.05) is 12.1 Å². The molecule has 0 N–H and O–H groups in total. The third kappa shape index (κ3) is 2.95. The first-order valence-electron chi connectivity index (χ1n) is 6.97. The van der Waals surface area contributed by atoms with Gasteiger partial charge in [0.25, 0.3) is 0 Å². The van der Waals surface area contributed by atoms with Crippen molar-refractivity contribution in [2.75, 3.05) is 0 Å². The Kier molecular flexibility index (Phi) is 4.02. The molecule has 1 aromatic heterocycles. The Morgan fingerprint density at radius 3 is 2.40 bits per heavy atom. The van der Waals surface area contributed by atoms with E-state index in [9.17, 15) is 4.79 Å². The van der Waals surface area contributed by atoms with Gasteiger partial charge in [-0.1, -0.05) is 57.2 Å². The number of carbonyl (C=O) groups excluding carboxylic acids is 1. The molecule has 4 nitrogen and oxygen atoms in total. The molecule has 2 rings (SSSR count). The number of aromatic nitrogens is 3. The first-order chi connectivity index (χ1) is 9.43. The minimum Gasteiger partial charge on any atom is -0.287 e. The summed E-state index contributed by atoms with van der Waals surface area (Å²) in [5, 5.41) is 7.79. The minimum atomic E-state index is -0.0242.